The van der Waals surface area contributed by atoms with Crippen molar-refractivity contribution in [2.75, 3.05) is 33.7 Å². The van der Waals surface area contributed by atoms with Crippen molar-refractivity contribution in [1.29, 1.82) is 0 Å². The molecule has 0 aliphatic carbocycles. The van der Waals surface area contributed by atoms with E-state index >= 15 is 0 Å². The van der Waals surface area contributed by atoms with E-state index < -0.39 is 6.10 Å². The fourth-order valence-electron chi connectivity index (χ4n) is 1.42. The molecule has 96 valence electrons. The number of hydrogen-bond donors (Lipinski definition) is 2. The number of aliphatic hydroxyl groups is 1. The van der Waals surface area contributed by atoms with Crippen LogP contribution in [0.3, 0.4) is 0 Å². The van der Waals surface area contributed by atoms with Crippen LogP contribution in [0.5, 0.6) is 0 Å². The van der Waals surface area contributed by atoms with Crippen LogP contribution in [-0.2, 0) is 0 Å². The van der Waals surface area contributed by atoms with Crippen molar-refractivity contribution in [3.63, 3.8) is 0 Å². The minimum absolute atomic E-state index is 0.466. The summed E-state index contributed by atoms with van der Waals surface area (Å²) in [5.41, 5.74) is 0.663. The molecule has 0 saturated carbocycles. The first-order valence-corrected chi connectivity index (χ1v) is 6.24. The Bertz CT molecular complexity index is 358. The van der Waals surface area contributed by atoms with Crippen molar-refractivity contribution in [1.82, 2.24) is 10.2 Å². The molecule has 1 atom stereocenters. The van der Waals surface area contributed by atoms with E-state index in [9.17, 15) is 5.11 Å². The number of likely N-dealkylation sites (N-methyl/N-ethyl adjacent to an activating group) is 1. The molecule has 0 saturated heterocycles. The fourth-order valence-corrected chi connectivity index (χ4v) is 1.85. The van der Waals surface area contributed by atoms with Crippen LogP contribution in [0.25, 0.3) is 0 Å². The highest BCUT2D eigenvalue weighted by atomic mass is 35.5. The quantitative estimate of drug-likeness (QED) is 0.782. The van der Waals surface area contributed by atoms with Crippen LogP contribution < -0.4 is 5.32 Å². The highest BCUT2D eigenvalue weighted by Crippen LogP contribution is 2.25. The molecule has 0 bridgehead atoms. The second-order valence-electron chi connectivity index (χ2n) is 4.19. The molecule has 0 fully saturated rings. The number of halogens is 2. The van der Waals surface area contributed by atoms with Crippen LogP contribution in [-0.4, -0.2) is 43.7 Å². The second kappa shape index (κ2) is 7.19. The molecular formula is C12H18Cl2N2O. The highest BCUT2D eigenvalue weighted by Gasteiger charge is 2.11. The zero-order valence-corrected chi connectivity index (χ0v) is 11.6. The third-order valence-corrected chi connectivity index (χ3v) is 2.97. The minimum Gasteiger partial charge on any atom is -0.387 e. The van der Waals surface area contributed by atoms with Crippen molar-refractivity contribution in [2.45, 2.75) is 6.10 Å². The first-order valence-electron chi connectivity index (χ1n) is 5.49. The predicted molar refractivity (Wildman–Crippen MR) is 72.8 cm³/mol. The molecule has 0 aliphatic heterocycles. The lowest BCUT2D eigenvalue weighted by molar-refractivity contribution is 0.174. The van der Waals surface area contributed by atoms with E-state index in [1.165, 1.54) is 0 Å². The summed E-state index contributed by atoms with van der Waals surface area (Å²) in [5.74, 6) is 0. The minimum atomic E-state index is -0.636. The molecule has 1 unspecified atom stereocenters. The summed E-state index contributed by atoms with van der Waals surface area (Å²) in [6, 6.07) is 5.10. The maximum Gasteiger partial charge on any atom is 0.0929 e. The maximum absolute atomic E-state index is 9.97. The van der Waals surface area contributed by atoms with E-state index in [-0.39, 0.29) is 0 Å². The van der Waals surface area contributed by atoms with Crippen LogP contribution in [0.2, 0.25) is 10.0 Å². The summed E-state index contributed by atoms with van der Waals surface area (Å²) in [6.45, 7) is 2.21. The van der Waals surface area contributed by atoms with Gasteiger partial charge in [-0.3, -0.25) is 0 Å². The van der Waals surface area contributed by atoms with E-state index in [2.05, 4.69) is 10.2 Å². The largest absolute Gasteiger partial charge is 0.387 e. The van der Waals surface area contributed by atoms with Crippen molar-refractivity contribution < 1.29 is 5.11 Å². The Balaban J connectivity index is 2.46. The summed E-state index contributed by atoms with van der Waals surface area (Å²) >= 11 is 11.9. The average Bonchev–Trinajstić information content (AvgIpc) is 2.27. The molecule has 0 aromatic heterocycles. The van der Waals surface area contributed by atoms with E-state index in [0.29, 0.717) is 22.2 Å². The van der Waals surface area contributed by atoms with Gasteiger partial charge >= 0.3 is 0 Å². The Kier molecular flexibility index (Phi) is 6.23. The van der Waals surface area contributed by atoms with Gasteiger partial charge in [-0.25, -0.2) is 0 Å². The lowest BCUT2D eigenvalue weighted by Gasteiger charge is -2.15. The molecule has 0 amide bonds. The predicted octanol–water partition coefficient (Wildman–Crippen LogP) is 2.18. The van der Waals surface area contributed by atoms with E-state index in [1.54, 1.807) is 18.2 Å². The Morgan fingerprint density at radius 1 is 1.35 bits per heavy atom. The van der Waals surface area contributed by atoms with Crippen molar-refractivity contribution in [3.8, 4) is 0 Å². The summed E-state index contributed by atoms with van der Waals surface area (Å²) in [7, 11) is 4.01. The molecule has 2 N–H and O–H groups in total. The van der Waals surface area contributed by atoms with Crippen LogP contribution in [0.1, 0.15) is 11.7 Å². The van der Waals surface area contributed by atoms with Gasteiger partial charge in [0.05, 0.1) is 6.10 Å². The molecule has 1 aromatic carbocycles. The summed E-state index contributed by atoms with van der Waals surface area (Å²) in [5, 5.41) is 14.3. The topological polar surface area (TPSA) is 35.5 Å². The van der Waals surface area contributed by atoms with Crippen LogP contribution >= 0.6 is 23.2 Å². The third kappa shape index (κ3) is 5.23. The van der Waals surface area contributed by atoms with Gasteiger partial charge in [0.15, 0.2) is 0 Å². The number of hydrogen-bond acceptors (Lipinski definition) is 3. The third-order valence-electron chi connectivity index (χ3n) is 2.39. The Labute approximate surface area is 112 Å². The van der Waals surface area contributed by atoms with Gasteiger partial charge in [0, 0.05) is 35.2 Å². The van der Waals surface area contributed by atoms with Gasteiger partial charge in [0.2, 0.25) is 0 Å². The molecule has 5 heteroatoms. The Morgan fingerprint density at radius 2 is 2.06 bits per heavy atom. The monoisotopic (exact) mass is 276 g/mol. The smallest absolute Gasteiger partial charge is 0.0929 e. The van der Waals surface area contributed by atoms with Gasteiger partial charge in [-0.15, -0.1) is 0 Å². The second-order valence-corrected chi connectivity index (χ2v) is 5.03. The van der Waals surface area contributed by atoms with Gasteiger partial charge in [-0.2, -0.15) is 0 Å². The van der Waals surface area contributed by atoms with Crippen LogP contribution in [0, 0.1) is 0 Å². The molecule has 1 rings (SSSR count). The van der Waals surface area contributed by atoms with E-state index in [4.69, 9.17) is 23.2 Å². The van der Waals surface area contributed by atoms with Gasteiger partial charge in [0.1, 0.15) is 0 Å². The molecular weight excluding hydrogens is 259 g/mol. The molecule has 0 heterocycles. The van der Waals surface area contributed by atoms with Gasteiger partial charge in [0.25, 0.3) is 0 Å². The highest BCUT2D eigenvalue weighted by molar-refractivity contribution is 6.33. The Morgan fingerprint density at radius 3 is 2.71 bits per heavy atom. The zero-order chi connectivity index (χ0) is 12.8. The molecule has 0 radical (unpaired) electrons. The summed E-state index contributed by atoms with van der Waals surface area (Å²) in [6.07, 6.45) is -0.636. The average molecular weight is 277 g/mol. The Hall–Kier alpha value is -0.320. The molecule has 3 nitrogen and oxygen atoms in total. The van der Waals surface area contributed by atoms with Crippen molar-refractivity contribution in [2.24, 2.45) is 0 Å². The van der Waals surface area contributed by atoms with E-state index in [1.807, 2.05) is 14.1 Å². The van der Waals surface area contributed by atoms with Gasteiger partial charge in [-0.05, 0) is 32.3 Å². The lowest BCUT2D eigenvalue weighted by Crippen LogP contribution is -2.29. The van der Waals surface area contributed by atoms with Gasteiger partial charge in [-0.1, -0.05) is 23.2 Å². The van der Waals surface area contributed by atoms with Crippen LogP contribution in [0.15, 0.2) is 18.2 Å². The van der Waals surface area contributed by atoms with Crippen LogP contribution in [0.4, 0.5) is 0 Å². The first kappa shape index (κ1) is 14.7. The van der Waals surface area contributed by atoms with E-state index in [0.717, 1.165) is 13.1 Å². The summed E-state index contributed by atoms with van der Waals surface area (Å²) in [4.78, 5) is 2.08. The molecule has 0 spiro atoms. The SMILES string of the molecule is CN(C)CCNCC(O)c1cc(Cl)ccc1Cl. The van der Waals surface area contributed by atoms with Crippen molar-refractivity contribution >= 4 is 23.2 Å². The first-order chi connectivity index (χ1) is 8.00. The number of rotatable bonds is 6. The molecule has 17 heavy (non-hydrogen) atoms. The molecule has 1 aromatic rings. The van der Waals surface area contributed by atoms with Crippen molar-refractivity contribution in [3.05, 3.63) is 33.8 Å². The zero-order valence-electron chi connectivity index (χ0n) is 10.1. The lowest BCUT2D eigenvalue weighted by atomic mass is 10.1. The number of benzene rings is 1. The maximum atomic E-state index is 9.97. The standard InChI is InChI=1S/C12H18Cl2N2O/c1-16(2)6-5-15-8-12(17)10-7-9(13)3-4-11(10)14/h3-4,7,12,15,17H,5-6,8H2,1-2H3. The normalized spacial score (nSPS) is 13.1. The number of nitrogens with one attached hydrogen (secondary N) is 1. The number of aliphatic hydroxyl groups excluding tert-OH is 1. The number of nitrogens with zero attached hydrogens (tertiary/aromatic N) is 1. The summed E-state index contributed by atoms with van der Waals surface area (Å²) < 4.78 is 0. The van der Waals surface area contributed by atoms with Gasteiger partial charge < -0.3 is 15.3 Å². The fraction of sp³-hybridized carbons (Fsp3) is 0.500. The molecule has 0 aliphatic rings.